The Hall–Kier alpha value is -1.17. The molecule has 1 aromatic rings. The third kappa shape index (κ3) is 4.16. The second kappa shape index (κ2) is 7.57. The van der Waals surface area contributed by atoms with Gasteiger partial charge in [0.15, 0.2) is 0 Å². The van der Waals surface area contributed by atoms with E-state index in [1.54, 1.807) is 12.3 Å². The highest BCUT2D eigenvalue weighted by atomic mass is 35.5. The SMILES string of the molecule is COC(=O)c1ccc(CN2CCC(C(C)N)C2)nc1.Cl. The van der Waals surface area contributed by atoms with Crippen molar-refractivity contribution in [2.45, 2.75) is 25.9 Å². The summed E-state index contributed by atoms with van der Waals surface area (Å²) >= 11 is 0. The number of nitrogens with two attached hydrogens (primary N) is 1. The molecule has 2 atom stereocenters. The van der Waals surface area contributed by atoms with Crippen molar-refractivity contribution in [3.05, 3.63) is 29.6 Å². The van der Waals surface area contributed by atoms with Gasteiger partial charge in [-0.3, -0.25) is 9.88 Å². The summed E-state index contributed by atoms with van der Waals surface area (Å²) in [5.41, 5.74) is 7.39. The molecule has 0 spiro atoms. The summed E-state index contributed by atoms with van der Waals surface area (Å²) in [5.74, 6) is 0.228. The van der Waals surface area contributed by atoms with Gasteiger partial charge in [-0.1, -0.05) is 0 Å². The first-order valence-corrected chi connectivity index (χ1v) is 6.61. The minimum Gasteiger partial charge on any atom is -0.465 e. The number of hydrogen-bond donors (Lipinski definition) is 1. The lowest BCUT2D eigenvalue weighted by molar-refractivity contribution is 0.0600. The largest absolute Gasteiger partial charge is 0.465 e. The number of halogens is 1. The van der Waals surface area contributed by atoms with Gasteiger partial charge in [-0.15, -0.1) is 12.4 Å². The number of hydrogen-bond acceptors (Lipinski definition) is 5. The van der Waals surface area contributed by atoms with Crippen molar-refractivity contribution in [3.63, 3.8) is 0 Å². The second-order valence-corrected chi connectivity index (χ2v) is 5.17. The van der Waals surface area contributed by atoms with Gasteiger partial charge in [-0.2, -0.15) is 0 Å². The van der Waals surface area contributed by atoms with Crippen molar-refractivity contribution >= 4 is 18.4 Å². The summed E-state index contributed by atoms with van der Waals surface area (Å²) < 4.78 is 4.65. The average Bonchev–Trinajstić information content (AvgIpc) is 2.87. The maximum absolute atomic E-state index is 11.3. The highest BCUT2D eigenvalue weighted by molar-refractivity contribution is 5.88. The number of rotatable bonds is 4. The van der Waals surface area contributed by atoms with Crippen LogP contribution in [0.5, 0.6) is 0 Å². The fourth-order valence-electron chi connectivity index (χ4n) is 2.42. The number of methoxy groups -OCH3 is 1. The Morgan fingerprint density at radius 2 is 2.35 bits per heavy atom. The highest BCUT2D eigenvalue weighted by Crippen LogP contribution is 2.20. The van der Waals surface area contributed by atoms with Crippen LogP contribution < -0.4 is 5.73 Å². The van der Waals surface area contributed by atoms with E-state index in [-0.39, 0.29) is 24.4 Å². The Balaban J connectivity index is 0.00000200. The number of esters is 1. The molecule has 1 fully saturated rings. The van der Waals surface area contributed by atoms with Crippen LogP contribution in [0.1, 0.15) is 29.4 Å². The molecule has 1 aliphatic rings. The highest BCUT2D eigenvalue weighted by Gasteiger charge is 2.25. The Bertz CT molecular complexity index is 437. The zero-order valence-electron chi connectivity index (χ0n) is 11.9. The summed E-state index contributed by atoms with van der Waals surface area (Å²) in [7, 11) is 1.37. The molecule has 0 amide bonds. The molecule has 2 heterocycles. The molecule has 2 rings (SSSR count). The van der Waals surface area contributed by atoms with Crippen molar-refractivity contribution in [2.24, 2.45) is 11.7 Å². The molecule has 5 nitrogen and oxygen atoms in total. The smallest absolute Gasteiger partial charge is 0.339 e. The monoisotopic (exact) mass is 299 g/mol. The van der Waals surface area contributed by atoms with Gasteiger partial charge in [-0.05, 0) is 37.9 Å². The lowest BCUT2D eigenvalue weighted by Gasteiger charge is -2.17. The van der Waals surface area contributed by atoms with E-state index in [9.17, 15) is 4.79 Å². The Labute approximate surface area is 125 Å². The van der Waals surface area contributed by atoms with E-state index in [0.29, 0.717) is 11.5 Å². The van der Waals surface area contributed by atoms with E-state index in [4.69, 9.17) is 5.73 Å². The van der Waals surface area contributed by atoms with Crippen molar-refractivity contribution in [1.29, 1.82) is 0 Å². The lowest BCUT2D eigenvalue weighted by Crippen LogP contribution is -2.29. The van der Waals surface area contributed by atoms with Crippen molar-refractivity contribution in [1.82, 2.24) is 9.88 Å². The van der Waals surface area contributed by atoms with Gasteiger partial charge in [-0.25, -0.2) is 4.79 Å². The van der Waals surface area contributed by atoms with Gasteiger partial charge in [0.1, 0.15) is 0 Å². The fourth-order valence-corrected chi connectivity index (χ4v) is 2.42. The van der Waals surface area contributed by atoms with Crippen LogP contribution in [-0.4, -0.2) is 42.1 Å². The topological polar surface area (TPSA) is 68.5 Å². The summed E-state index contributed by atoms with van der Waals surface area (Å²) in [6.45, 7) is 4.97. The van der Waals surface area contributed by atoms with Crippen LogP contribution in [0.25, 0.3) is 0 Å². The molecule has 0 saturated carbocycles. The van der Waals surface area contributed by atoms with Crippen molar-refractivity contribution in [3.8, 4) is 0 Å². The fraction of sp³-hybridized carbons (Fsp3) is 0.571. The van der Waals surface area contributed by atoms with Crippen LogP contribution in [-0.2, 0) is 11.3 Å². The summed E-state index contributed by atoms with van der Waals surface area (Å²) in [6, 6.07) is 3.89. The molecule has 20 heavy (non-hydrogen) atoms. The predicted molar refractivity (Wildman–Crippen MR) is 79.9 cm³/mol. The standard InChI is InChI=1S/C14H21N3O2.ClH/c1-10(15)12-5-6-17(8-12)9-13-4-3-11(7-16-13)14(18)19-2;/h3-4,7,10,12H,5-6,8-9,15H2,1-2H3;1H. The van der Waals surface area contributed by atoms with E-state index >= 15 is 0 Å². The van der Waals surface area contributed by atoms with Gasteiger partial charge in [0.25, 0.3) is 0 Å². The number of carbonyl (C=O) groups is 1. The van der Waals surface area contributed by atoms with Gasteiger partial charge in [0, 0.05) is 25.3 Å². The molecule has 1 saturated heterocycles. The maximum atomic E-state index is 11.3. The first kappa shape index (κ1) is 16.9. The van der Waals surface area contributed by atoms with E-state index in [2.05, 4.69) is 21.5 Å². The molecule has 0 radical (unpaired) electrons. The van der Waals surface area contributed by atoms with E-state index in [1.165, 1.54) is 7.11 Å². The van der Waals surface area contributed by atoms with E-state index < -0.39 is 0 Å². The second-order valence-electron chi connectivity index (χ2n) is 5.17. The van der Waals surface area contributed by atoms with Crippen LogP contribution in [0.15, 0.2) is 18.3 Å². The molecule has 0 aliphatic carbocycles. The normalized spacial score (nSPS) is 20.2. The number of pyridine rings is 1. The summed E-state index contributed by atoms with van der Waals surface area (Å²) in [5, 5.41) is 0. The Kier molecular flexibility index (Phi) is 6.39. The van der Waals surface area contributed by atoms with Crippen LogP contribution >= 0.6 is 12.4 Å². The van der Waals surface area contributed by atoms with E-state index in [1.807, 2.05) is 6.07 Å². The lowest BCUT2D eigenvalue weighted by atomic mass is 10.0. The Morgan fingerprint density at radius 1 is 1.60 bits per heavy atom. The molecular weight excluding hydrogens is 278 g/mol. The van der Waals surface area contributed by atoms with Gasteiger partial charge >= 0.3 is 5.97 Å². The van der Waals surface area contributed by atoms with Crippen LogP contribution in [0.2, 0.25) is 0 Å². The van der Waals surface area contributed by atoms with Crippen LogP contribution in [0.4, 0.5) is 0 Å². The first-order valence-electron chi connectivity index (χ1n) is 6.61. The number of carbonyl (C=O) groups excluding carboxylic acids is 1. The number of likely N-dealkylation sites (tertiary alicyclic amines) is 1. The predicted octanol–water partition coefficient (Wildman–Crippen LogP) is 1.46. The molecule has 1 aromatic heterocycles. The minimum absolute atomic E-state index is 0. The molecule has 112 valence electrons. The van der Waals surface area contributed by atoms with Gasteiger partial charge in [0.2, 0.25) is 0 Å². The van der Waals surface area contributed by atoms with Crippen molar-refractivity contribution in [2.75, 3.05) is 20.2 Å². The van der Waals surface area contributed by atoms with Crippen molar-refractivity contribution < 1.29 is 9.53 Å². The zero-order chi connectivity index (χ0) is 13.8. The Morgan fingerprint density at radius 3 is 2.85 bits per heavy atom. The number of ether oxygens (including phenoxy) is 1. The number of aromatic nitrogens is 1. The summed E-state index contributed by atoms with van der Waals surface area (Å²) in [4.78, 5) is 18.0. The minimum atomic E-state index is -0.350. The first-order chi connectivity index (χ1) is 9.10. The zero-order valence-corrected chi connectivity index (χ0v) is 12.7. The third-order valence-corrected chi connectivity index (χ3v) is 3.68. The molecule has 1 aliphatic heterocycles. The quantitative estimate of drug-likeness (QED) is 0.853. The number of nitrogens with zero attached hydrogens (tertiary/aromatic N) is 2. The molecular formula is C14H22ClN3O2. The summed E-state index contributed by atoms with van der Waals surface area (Å²) in [6.07, 6.45) is 2.72. The molecule has 2 unspecified atom stereocenters. The average molecular weight is 300 g/mol. The third-order valence-electron chi connectivity index (χ3n) is 3.68. The molecule has 2 N–H and O–H groups in total. The molecule has 0 bridgehead atoms. The molecule has 0 aromatic carbocycles. The van der Waals surface area contributed by atoms with E-state index in [0.717, 1.165) is 31.7 Å². The van der Waals surface area contributed by atoms with Crippen LogP contribution in [0, 0.1) is 5.92 Å². The van der Waals surface area contributed by atoms with Crippen LogP contribution in [0.3, 0.4) is 0 Å². The van der Waals surface area contributed by atoms with Gasteiger partial charge < -0.3 is 10.5 Å². The maximum Gasteiger partial charge on any atom is 0.339 e. The molecule has 6 heteroatoms. The van der Waals surface area contributed by atoms with Gasteiger partial charge in [0.05, 0.1) is 18.4 Å².